The summed E-state index contributed by atoms with van der Waals surface area (Å²) in [6.07, 6.45) is -5.35. The molecule has 182 valence electrons. The zero-order valence-electron chi connectivity index (χ0n) is 17.2. The van der Waals surface area contributed by atoms with E-state index in [0.29, 0.717) is 0 Å². The van der Waals surface area contributed by atoms with Gasteiger partial charge in [-0.15, -0.1) is 0 Å². The Balaban J connectivity index is 1.96. The number of carbonyl (C=O) groups excluding carboxylic acids is 2. The Hall–Kier alpha value is -3.40. The molecule has 5 atom stereocenters. The molecular formula is C18H24N4O11. The van der Waals surface area contributed by atoms with Crippen molar-refractivity contribution in [2.45, 2.75) is 56.3 Å². The second-order valence-electron chi connectivity index (χ2n) is 7.18. The highest BCUT2D eigenvalue weighted by Gasteiger charge is 2.44. The van der Waals surface area contributed by atoms with Crippen molar-refractivity contribution in [3.63, 3.8) is 0 Å². The highest BCUT2D eigenvalue weighted by Crippen LogP contribution is 2.28. The summed E-state index contributed by atoms with van der Waals surface area (Å²) >= 11 is 0. The maximum absolute atomic E-state index is 12.3. The van der Waals surface area contributed by atoms with Gasteiger partial charge in [0.05, 0.1) is 6.42 Å². The van der Waals surface area contributed by atoms with Gasteiger partial charge in [-0.1, -0.05) is 0 Å². The molecule has 15 nitrogen and oxygen atoms in total. The van der Waals surface area contributed by atoms with Crippen molar-refractivity contribution in [2.75, 3.05) is 11.9 Å². The molecule has 15 heteroatoms. The van der Waals surface area contributed by atoms with Gasteiger partial charge in [-0.05, 0) is 12.5 Å². The fraction of sp³-hybridized carbons (Fsp3) is 0.556. The van der Waals surface area contributed by atoms with Crippen molar-refractivity contribution < 1.29 is 49.1 Å². The van der Waals surface area contributed by atoms with Crippen LogP contribution in [0.5, 0.6) is 0 Å². The number of aliphatic hydroxyl groups excluding tert-OH is 2. The Kier molecular flexibility index (Phi) is 8.98. The Morgan fingerprint density at radius 2 is 1.91 bits per heavy atom. The molecule has 1 saturated heterocycles. The molecule has 0 radical (unpaired) electrons. The average Bonchev–Trinajstić information content (AvgIpc) is 3.00. The van der Waals surface area contributed by atoms with E-state index in [4.69, 9.17) is 25.4 Å². The number of amides is 1. The van der Waals surface area contributed by atoms with Crippen LogP contribution in [0.15, 0.2) is 17.1 Å². The van der Waals surface area contributed by atoms with Gasteiger partial charge in [0.2, 0.25) is 5.91 Å². The normalized spacial score (nSPS) is 23.0. The van der Waals surface area contributed by atoms with Crippen LogP contribution in [-0.4, -0.2) is 84.8 Å². The molecule has 1 aromatic rings. The first-order valence-electron chi connectivity index (χ1n) is 9.76. The van der Waals surface area contributed by atoms with Gasteiger partial charge >= 0.3 is 23.6 Å². The second-order valence-corrected chi connectivity index (χ2v) is 7.18. The summed E-state index contributed by atoms with van der Waals surface area (Å²) in [4.78, 5) is 60.5. The molecule has 0 aromatic carbocycles. The Bertz CT molecular complexity index is 950. The van der Waals surface area contributed by atoms with Crippen molar-refractivity contribution in [3.8, 4) is 0 Å². The zero-order valence-corrected chi connectivity index (χ0v) is 17.2. The number of nitrogens with two attached hydrogens (primary N) is 1. The Morgan fingerprint density at radius 1 is 1.21 bits per heavy atom. The number of aliphatic carboxylic acids is 2. The molecule has 0 saturated carbocycles. The number of hydrogen-bond acceptors (Lipinski definition) is 11. The standard InChI is InChI=1S/C18H24N4O11/c19-8(17(29)30)6-11(23)20-10-4-5-22(18(31)21-10)16-15(28)14(27)9(33-16)7-32-13(26)3-1-2-12(24)25/h4-5,8-9,14-16,27-28H,1-3,6-7,19H2,(H,24,25)(H,29,30)(H,20,21,23,31)/t8-,9?,14?,15?,16?/m0/s1. The van der Waals surface area contributed by atoms with Crippen LogP contribution >= 0.6 is 0 Å². The largest absolute Gasteiger partial charge is 0.481 e. The number of carboxylic acid groups (broad SMARTS) is 2. The molecule has 0 spiro atoms. The molecule has 4 unspecified atom stereocenters. The summed E-state index contributed by atoms with van der Waals surface area (Å²) in [7, 11) is 0. The van der Waals surface area contributed by atoms with Gasteiger partial charge in [0.25, 0.3) is 0 Å². The van der Waals surface area contributed by atoms with Gasteiger partial charge in [-0.2, -0.15) is 4.98 Å². The smallest absolute Gasteiger partial charge is 0.351 e. The lowest BCUT2D eigenvalue weighted by Gasteiger charge is -2.17. The lowest BCUT2D eigenvalue weighted by molar-refractivity contribution is -0.150. The van der Waals surface area contributed by atoms with Crippen molar-refractivity contribution >= 4 is 29.6 Å². The van der Waals surface area contributed by atoms with Gasteiger partial charge in [0, 0.05) is 19.0 Å². The SMILES string of the molecule is N[C@@H](CC(=O)Nc1ccn(C2OC(COC(=O)CCCC(=O)O)C(O)C2O)c(=O)n1)C(=O)O. The monoisotopic (exact) mass is 472 g/mol. The van der Waals surface area contributed by atoms with Gasteiger partial charge in [-0.25, -0.2) is 4.79 Å². The number of aliphatic hydroxyl groups is 2. The summed E-state index contributed by atoms with van der Waals surface area (Å²) in [5.74, 6) is -4.13. The maximum atomic E-state index is 12.3. The number of anilines is 1. The quantitative estimate of drug-likeness (QED) is 0.181. The van der Waals surface area contributed by atoms with E-state index < -0.39 is 73.1 Å². The first-order chi connectivity index (χ1) is 15.5. The van der Waals surface area contributed by atoms with Gasteiger partial charge < -0.3 is 41.0 Å². The summed E-state index contributed by atoms with van der Waals surface area (Å²) in [5, 5.41) is 39.9. The van der Waals surface area contributed by atoms with Crippen molar-refractivity contribution in [1.82, 2.24) is 9.55 Å². The van der Waals surface area contributed by atoms with Crippen LogP contribution in [0.3, 0.4) is 0 Å². The zero-order chi connectivity index (χ0) is 24.7. The number of hydrogen-bond donors (Lipinski definition) is 6. The molecule has 1 aliphatic heterocycles. The third-order valence-electron chi connectivity index (χ3n) is 4.61. The predicted molar refractivity (Wildman–Crippen MR) is 106 cm³/mol. The lowest BCUT2D eigenvalue weighted by atomic mass is 10.1. The molecule has 0 bridgehead atoms. The topological polar surface area (TPSA) is 241 Å². The predicted octanol–water partition coefficient (Wildman–Crippen LogP) is -2.60. The number of ether oxygens (including phenoxy) is 2. The molecular weight excluding hydrogens is 448 g/mol. The average molecular weight is 472 g/mol. The minimum Gasteiger partial charge on any atom is -0.481 e. The van der Waals surface area contributed by atoms with E-state index in [1.165, 1.54) is 6.07 Å². The van der Waals surface area contributed by atoms with Gasteiger partial charge in [0.15, 0.2) is 6.23 Å². The fourth-order valence-electron chi connectivity index (χ4n) is 2.88. The molecule has 2 heterocycles. The van der Waals surface area contributed by atoms with Crippen LogP contribution in [0.1, 0.15) is 31.9 Å². The summed E-state index contributed by atoms with van der Waals surface area (Å²) < 4.78 is 11.2. The van der Waals surface area contributed by atoms with Crippen LogP contribution in [-0.2, 0) is 28.7 Å². The first-order valence-corrected chi connectivity index (χ1v) is 9.76. The number of aromatic nitrogens is 2. The highest BCUT2D eigenvalue weighted by molar-refractivity contribution is 5.93. The molecule has 0 aliphatic carbocycles. The number of nitrogens with one attached hydrogen (secondary N) is 1. The van der Waals surface area contributed by atoms with E-state index in [0.717, 1.165) is 10.8 Å². The van der Waals surface area contributed by atoms with Crippen molar-refractivity contribution in [1.29, 1.82) is 0 Å². The van der Waals surface area contributed by atoms with E-state index >= 15 is 0 Å². The number of carbonyl (C=O) groups is 4. The molecule has 1 amide bonds. The van der Waals surface area contributed by atoms with Gasteiger partial charge in [-0.3, -0.25) is 23.7 Å². The van der Waals surface area contributed by atoms with Crippen molar-refractivity contribution in [3.05, 3.63) is 22.7 Å². The molecule has 1 aromatic heterocycles. The maximum Gasteiger partial charge on any atom is 0.351 e. The van der Waals surface area contributed by atoms with E-state index in [2.05, 4.69) is 10.3 Å². The van der Waals surface area contributed by atoms with Gasteiger partial charge in [0.1, 0.15) is 36.8 Å². The molecule has 2 rings (SSSR count). The van der Waals surface area contributed by atoms with Crippen molar-refractivity contribution in [2.24, 2.45) is 5.73 Å². The van der Waals surface area contributed by atoms with Crippen LogP contribution in [0.25, 0.3) is 0 Å². The summed E-state index contributed by atoms with van der Waals surface area (Å²) in [5.41, 5.74) is 4.30. The highest BCUT2D eigenvalue weighted by atomic mass is 16.6. The third kappa shape index (κ3) is 7.31. The second kappa shape index (κ2) is 11.5. The van der Waals surface area contributed by atoms with E-state index in [-0.39, 0.29) is 25.1 Å². The number of esters is 1. The van der Waals surface area contributed by atoms with Crippen LogP contribution in [0, 0.1) is 0 Å². The lowest BCUT2D eigenvalue weighted by Crippen LogP contribution is -2.37. The van der Waals surface area contributed by atoms with Crippen LogP contribution in [0.4, 0.5) is 5.82 Å². The fourth-order valence-corrected chi connectivity index (χ4v) is 2.88. The molecule has 1 fully saturated rings. The summed E-state index contributed by atoms with van der Waals surface area (Å²) in [6, 6.07) is -0.249. The molecule has 7 N–H and O–H groups in total. The molecule has 1 aliphatic rings. The Morgan fingerprint density at radius 3 is 2.52 bits per heavy atom. The Labute approximate surface area is 185 Å². The third-order valence-corrected chi connectivity index (χ3v) is 4.61. The number of carboxylic acids is 2. The minimum atomic E-state index is -1.57. The van der Waals surface area contributed by atoms with Crippen LogP contribution < -0.4 is 16.7 Å². The van der Waals surface area contributed by atoms with E-state index in [9.17, 15) is 34.2 Å². The minimum absolute atomic E-state index is 0.0691. The summed E-state index contributed by atoms with van der Waals surface area (Å²) in [6.45, 7) is -0.444. The first kappa shape index (κ1) is 25.9. The molecule has 33 heavy (non-hydrogen) atoms. The van der Waals surface area contributed by atoms with Crippen LogP contribution in [0.2, 0.25) is 0 Å². The number of rotatable bonds is 11. The number of nitrogens with zero attached hydrogens (tertiary/aromatic N) is 2. The van der Waals surface area contributed by atoms with E-state index in [1.807, 2.05) is 0 Å². The van der Waals surface area contributed by atoms with E-state index in [1.54, 1.807) is 0 Å².